The highest BCUT2D eigenvalue weighted by Gasteiger charge is 2.07. The molecule has 0 atom stereocenters. The lowest BCUT2D eigenvalue weighted by Crippen LogP contribution is -1.86. The Bertz CT molecular complexity index is 468. The molecule has 1 aromatic carbocycles. The van der Waals surface area contributed by atoms with Gasteiger partial charge in [-0.25, -0.2) is 0 Å². The van der Waals surface area contributed by atoms with E-state index in [4.69, 9.17) is 23.2 Å². The van der Waals surface area contributed by atoms with Gasteiger partial charge in [-0.05, 0) is 18.6 Å². The van der Waals surface area contributed by atoms with Crippen LogP contribution in [0.25, 0.3) is 11.0 Å². The first-order chi connectivity index (χ1) is 6.20. The van der Waals surface area contributed by atoms with Crippen molar-refractivity contribution in [1.82, 2.24) is 9.97 Å². The Morgan fingerprint density at radius 2 is 1.85 bits per heavy atom. The summed E-state index contributed by atoms with van der Waals surface area (Å²) in [5, 5.41) is 1.20. The number of benzene rings is 1. The molecule has 0 aliphatic heterocycles. The fourth-order valence-corrected chi connectivity index (χ4v) is 1.63. The van der Waals surface area contributed by atoms with Crippen LogP contribution in [0, 0.1) is 6.92 Å². The summed E-state index contributed by atoms with van der Waals surface area (Å²) in [6, 6.07) is 1.77. The largest absolute Gasteiger partial charge is 0.253 e. The maximum atomic E-state index is 6.04. The van der Waals surface area contributed by atoms with E-state index in [9.17, 15) is 0 Å². The van der Waals surface area contributed by atoms with E-state index in [1.54, 1.807) is 18.5 Å². The first-order valence-corrected chi connectivity index (χ1v) is 4.51. The lowest BCUT2D eigenvalue weighted by Gasteiger charge is -2.03. The lowest BCUT2D eigenvalue weighted by molar-refractivity contribution is 1.28. The van der Waals surface area contributed by atoms with Gasteiger partial charge in [0.2, 0.25) is 0 Å². The van der Waals surface area contributed by atoms with Crippen molar-refractivity contribution in [3.05, 3.63) is 34.1 Å². The van der Waals surface area contributed by atoms with Gasteiger partial charge in [0.05, 0.1) is 10.5 Å². The van der Waals surface area contributed by atoms with Gasteiger partial charge >= 0.3 is 0 Å². The van der Waals surface area contributed by atoms with Crippen LogP contribution in [0.4, 0.5) is 0 Å². The number of aromatic nitrogens is 2. The van der Waals surface area contributed by atoms with E-state index >= 15 is 0 Å². The quantitative estimate of drug-likeness (QED) is 0.671. The molecule has 0 saturated heterocycles. The van der Waals surface area contributed by atoms with Gasteiger partial charge in [-0.15, -0.1) is 0 Å². The second-order valence-corrected chi connectivity index (χ2v) is 3.51. The zero-order valence-corrected chi connectivity index (χ0v) is 8.39. The van der Waals surface area contributed by atoms with Crippen molar-refractivity contribution in [3.8, 4) is 0 Å². The average molecular weight is 213 g/mol. The monoisotopic (exact) mass is 212 g/mol. The molecule has 1 heterocycles. The highest BCUT2D eigenvalue weighted by molar-refractivity contribution is 6.39. The molecule has 0 fully saturated rings. The molecular formula is C9H6Cl2N2. The summed E-state index contributed by atoms with van der Waals surface area (Å²) >= 11 is 12.0. The second kappa shape index (κ2) is 3.13. The number of nitrogens with zero attached hydrogens (tertiary/aromatic N) is 2. The molecule has 13 heavy (non-hydrogen) atoms. The zero-order valence-electron chi connectivity index (χ0n) is 6.88. The minimum absolute atomic E-state index is 0.579. The van der Waals surface area contributed by atoms with Crippen molar-refractivity contribution in [3.63, 3.8) is 0 Å². The third kappa shape index (κ3) is 1.36. The summed E-state index contributed by atoms with van der Waals surface area (Å²) in [4.78, 5) is 8.24. The van der Waals surface area contributed by atoms with E-state index < -0.39 is 0 Å². The maximum absolute atomic E-state index is 6.04. The highest BCUT2D eigenvalue weighted by atomic mass is 35.5. The van der Waals surface area contributed by atoms with Gasteiger partial charge in [0.25, 0.3) is 0 Å². The van der Waals surface area contributed by atoms with E-state index in [2.05, 4.69) is 9.97 Å². The van der Waals surface area contributed by atoms with Crippen LogP contribution < -0.4 is 0 Å². The molecule has 0 saturated carbocycles. The van der Waals surface area contributed by atoms with Crippen molar-refractivity contribution in [2.24, 2.45) is 0 Å². The van der Waals surface area contributed by atoms with Crippen molar-refractivity contribution in [1.29, 1.82) is 0 Å². The Balaban J connectivity index is 2.94. The molecule has 2 aromatic rings. The molecule has 0 amide bonds. The normalized spacial score (nSPS) is 10.7. The molecule has 66 valence electrons. The Morgan fingerprint density at radius 3 is 2.62 bits per heavy atom. The predicted octanol–water partition coefficient (Wildman–Crippen LogP) is 3.25. The zero-order chi connectivity index (χ0) is 9.42. The fourth-order valence-electron chi connectivity index (χ4n) is 1.13. The summed E-state index contributed by atoms with van der Waals surface area (Å²) in [7, 11) is 0. The topological polar surface area (TPSA) is 25.8 Å². The lowest BCUT2D eigenvalue weighted by atomic mass is 10.2. The third-order valence-electron chi connectivity index (χ3n) is 1.89. The van der Waals surface area contributed by atoms with Gasteiger partial charge in [0.1, 0.15) is 5.52 Å². The van der Waals surface area contributed by atoms with E-state index in [0.29, 0.717) is 15.6 Å². The van der Waals surface area contributed by atoms with Crippen LogP contribution in [0.5, 0.6) is 0 Å². The van der Waals surface area contributed by atoms with Gasteiger partial charge < -0.3 is 0 Å². The maximum Gasteiger partial charge on any atom is 0.108 e. The van der Waals surface area contributed by atoms with Crippen molar-refractivity contribution >= 4 is 34.2 Å². The van der Waals surface area contributed by atoms with E-state index in [1.165, 1.54) is 0 Å². The molecule has 4 heteroatoms. The van der Waals surface area contributed by atoms with Gasteiger partial charge in [-0.3, -0.25) is 9.97 Å². The van der Waals surface area contributed by atoms with Crippen LogP contribution in [-0.4, -0.2) is 9.97 Å². The summed E-state index contributed by atoms with van der Waals surface area (Å²) in [5.74, 6) is 0. The van der Waals surface area contributed by atoms with Gasteiger partial charge in [0, 0.05) is 17.4 Å². The van der Waals surface area contributed by atoms with E-state index in [1.807, 2.05) is 6.92 Å². The molecule has 1 aromatic heterocycles. The van der Waals surface area contributed by atoms with E-state index in [0.717, 1.165) is 11.1 Å². The molecule has 0 N–H and O–H groups in total. The van der Waals surface area contributed by atoms with Crippen molar-refractivity contribution < 1.29 is 0 Å². The molecule has 0 aliphatic carbocycles. The van der Waals surface area contributed by atoms with Crippen LogP contribution in [0.3, 0.4) is 0 Å². The Morgan fingerprint density at radius 1 is 1.15 bits per heavy atom. The standard InChI is InChI=1S/C9H6Cl2N2/c1-5-6(10)4-7-9(8(5)11)13-3-2-12-7/h2-4H,1H3. The highest BCUT2D eigenvalue weighted by Crippen LogP contribution is 2.29. The van der Waals surface area contributed by atoms with Crippen molar-refractivity contribution in [2.45, 2.75) is 6.92 Å². The summed E-state index contributed by atoms with van der Waals surface area (Å²) in [6.07, 6.45) is 3.23. The number of hydrogen-bond acceptors (Lipinski definition) is 2. The molecular weight excluding hydrogens is 207 g/mol. The first kappa shape index (κ1) is 8.73. The van der Waals surface area contributed by atoms with Crippen LogP contribution in [0.1, 0.15) is 5.56 Å². The molecule has 0 bridgehead atoms. The average Bonchev–Trinajstić information content (AvgIpc) is 2.15. The van der Waals surface area contributed by atoms with Crippen molar-refractivity contribution in [2.75, 3.05) is 0 Å². The number of hydrogen-bond donors (Lipinski definition) is 0. The smallest absolute Gasteiger partial charge is 0.108 e. The summed E-state index contributed by atoms with van der Waals surface area (Å²) in [5.41, 5.74) is 2.27. The summed E-state index contributed by atoms with van der Waals surface area (Å²) in [6.45, 7) is 1.86. The van der Waals surface area contributed by atoms with Gasteiger partial charge in [0.15, 0.2) is 0 Å². The third-order valence-corrected chi connectivity index (χ3v) is 2.74. The van der Waals surface area contributed by atoms with E-state index in [-0.39, 0.29) is 0 Å². The minimum atomic E-state index is 0.579. The van der Waals surface area contributed by atoms with Crippen LogP contribution >= 0.6 is 23.2 Å². The molecule has 0 radical (unpaired) electrons. The molecule has 2 nitrogen and oxygen atoms in total. The molecule has 0 aliphatic rings. The number of rotatable bonds is 0. The first-order valence-electron chi connectivity index (χ1n) is 3.75. The van der Waals surface area contributed by atoms with Crippen LogP contribution in [0.2, 0.25) is 10.0 Å². The SMILES string of the molecule is Cc1c(Cl)cc2nccnc2c1Cl. The summed E-state index contributed by atoms with van der Waals surface area (Å²) < 4.78 is 0. The Hall–Kier alpha value is -0.860. The molecule has 0 spiro atoms. The Labute approximate surface area is 85.5 Å². The Kier molecular flexibility index (Phi) is 2.10. The van der Waals surface area contributed by atoms with Gasteiger partial charge in [-0.2, -0.15) is 0 Å². The van der Waals surface area contributed by atoms with Gasteiger partial charge in [-0.1, -0.05) is 23.2 Å². The van der Waals surface area contributed by atoms with Crippen LogP contribution in [-0.2, 0) is 0 Å². The minimum Gasteiger partial charge on any atom is -0.253 e. The molecule has 0 unspecified atom stereocenters. The fraction of sp³-hybridized carbons (Fsp3) is 0.111. The predicted molar refractivity (Wildman–Crippen MR) is 54.3 cm³/mol. The molecule has 2 rings (SSSR count). The van der Waals surface area contributed by atoms with Crippen LogP contribution in [0.15, 0.2) is 18.5 Å². The number of fused-ring (bicyclic) bond motifs is 1. The number of halogens is 2. The second-order valence-electron chi connectivity index (χ2n) is 2.72.